The van der Waals surface area contributed by atoms with Crippen molar-refractivity contribution in [3.05, 3.63) is 40.7 Å². The molecule has 248 valence electrons. The normalized spacial score (nSPS) is 21.3. The molecule has 1 saturated heterocycles. The van der Waals surface area contributed by atoms with Gasteiger partial charge in [0.05, 0.1) is 24.2 Å². The number of benzene rings is 1. The summed E-state index contributed by atoms with van der Waals surface area (Å²) in [5, 5.41) is 11.7. The predicted molar refractivity (Wildman–Crippen MR) is 182 cm³/mol. The zero-order chi connectivity index (χ0) is 32.5. The molecular weight excluding hydrogens is 624 g/mol. The average Bonchev–Trinajstić information content (AvgIpc) is 3.78. The van der Waals surface area contributed by atoms with Gasteiger partial charge in [-0.05, 0) is 88.5 Å². The number of halogens is 1. The first-order valence-corrected chi connectivity index (χ1v) is 18.0. The molecule has 1 aliphatic heterocycles. The fourth-order valence-corrected chi connectivity index (χ4v) is 7.66. The average molecular weight is 669 g/mol. The number of carbonyl (C=O) groups is 1. The Labute approximate surface area is 279 Å². The van der Waals surface area contributed by atoms with Crippen LogP contribution >= 0.6 is 11.6 Å². The fraction of sp³-hybridized carbons (Fsp3) is 0.576. The number of carbonyl (C=O) groups excluding carboxylic acids is 1. The van der Waals surface area contributed by atoms with Crippen molar-refractivity contribution < 1.29 is 14.1 Å². The van der Waals surface area contributed by atoms with E-state index < -0.39 is 11.2 Å². The maximum atomic E-state index is 12.9. The van der Waals surface area contributed by atoms with Crippen LogP contribution in [-0.2, 0) is 23.0 Å². The third-order valence-electron chi connectivity index (χ3n) is 9.26. The number of hydrogen-bond acceptors (Lipinski definition) is 9. The van der Waals surface area contributed by atoms with Crippen molar-refractivity contribution in [2.24, 2.45) is 7.05 Å². The van der Waals surface area contributed by atoms with E-state index in [2.05, 4.69) is 49.7 Å². The largest absolute Gasteiger partial charge is 0.610 e. The standard InChI is InChI=1S/C33H45ClN8O3S/c1-20(2)46(44)32-29(19-40(5)39-32)36-31-27(34)18-35-33(38-31)37-28-16-21(3)26(17-30(28)45-25-10-11-25)23-6-8-24(9-7-23)42-14-12-41(13-15-42)22(4)43/h16-20,23-25H,6-15H2,1-5H3,(H2,35,36,37,38)/t23-,24+,46?. The number of anilines is 4. The van der Waals surface area contributed by atoms with Crippen LogP contribution in [0.4, 0.5) is 23.1 Å². The van der Waals surface area contributed by atoms with E-state index in [1.54, 1.807) is 31.0 Å². The van der Waals surface area contributed by atoms with Crippen molar-refractivity contribution in [3.63, 3.8) is 0 Å². The third kappa shape index (κ3) is 7.56. The lowest BCUT2D eigenvalue weighted by atomic mass is 9.79. The Hall–Kier alpha value is -3.06. The van der Waals surface area contributed by atoms with Gasteiger partial charge in [0.25, 0.3) is 5.03 Å². The van der Waals surface area contributed by atoms with Crippen molar-refractivity contribution in [2.45, 2.75) is 94.6 Å². The highest BCUT2D eigenvalue weighted by Gasteiger charge is 2.32. The van der Waals surface area contributed by atoms with Gasteiger partial charge >= 0.3 is 0 Å². The highest BCUT2D eigenvalue weighted by molar-refractivity contribution is 7.92. The van der Waals surface area contributed by atoms with E-state index in [0.29, 0.717) is 39.5 Å². The molecule has 3 heterocycles. The Bertz CT molecular complexity index is 1550. The molecule has 2 aliphatic carbocycles. The lowest BCUT2D eigenvalue weighted by Crippen LogP contribution is -2.52. The van der Waals surface area contributed by atoms with Crippen molar-refractivity contribution in [1.82, 2.24) is 29.5 Å². The van der Waals surface area contributed by atoms with Gasteiger partial charge in [-0.2, -0.15) is 4.98 Å². The Morgan fingerprint density at radius 1 is 1.07 bits per heavy atom. The maximum absolute atomic E-state index is 12.9. The minimum Gasteiger partial charge on any atom is -0.610 e. The Balaban J connectivity index is 1.17. The van der Waals surface area contributed by atoms with Crippen molar-refractivity contribution in [2.75, 3.05) is 36.8 Å². The van der Waals surface area contributed by atoms with E-state index >= 15 is 0 Å². The molecule has 13 heteroatoms. The van der Waals surface area contributed by atoms with E-state index in [1.165, 1.54) is 24.0 Å². The molecule has 3 fully saturated rings. The van der Waals surface area contributed by atoms with Crippen LogP contribution in [0.25, 0.3) is 0 Å². The molecule has 0 spiro atoms. The van der Waals surface area contributed by atoms with E-state index in [-0.39, 0.29) is 17.3 Å². The molecular formula is C33H45ClN8O3S. The molecule has 0 bridgehead atoms. The second kappa shape index (κ2) is 14.0. The molecule has 1 atom stereocenters. The molecule has 1 amide bonds. The van der Waals surface area contributed by atoms with E-state index in [4.69, 9.17) is 16.3 Å². The third-order valence-corrected chi connectivity index (χ3v) is 11.1. The van der Waals surface area contributed by atoms with Crippen LogP contribution < -0.4 is 15.4 Å². The number of piperazine rings is 1. The molecule has 6 rings (SSSR count). The highest BCUT2D eigenvalue weighted by Crippen LogP contribution is 2.42. The van der Waals surface area contributed by atoms with Gasteiger partial charge < -0.3 is 24.8 Å². The van der Waals surface area contributed by atoms with Crippen molar-refractivity contribution in [3.8, 4) is 5.75 Å². The summed E-state index contributed by atoms with van der Waals surface area (Å²) in [4.78, 5) is 25.4. The van der Waals surface area contributed by atoms with Crippen molar-refractivity contribution >= 4 is 51.8 Å². The Morgan fingerprint density at radius 2 is 1.78 bits per heavy atom. The van der Waals surface area contributed by atoms with E-state index in [9.17, 15) is 9.35 Å². The lowest BCUT2D eigenvalue weighted by molar-refractivity contribution is -0.131. The summed E-state index contributed by atoms with van der Waals surface area (Å²) in [6, 6.07) is 4.97. The first-order valence-electron chi connectivity index (χ1n) is 16.4. The zero-order valence-electron chi connectivity index (χ0n) is 27.4. The molecule has 3 aromatic rings. The van der Waals surface area contributed by atoms with Crippen LogP contribution in [0.1, 0.15) is 76.3 Å². The van der Waals surface area contributed by atoms with Crippen molar-refractivity contribution in [1.29, 1.82) is 0 Å². The van der Waals surface area contributed by atoms with Gasteiger partial charge in [-0.3, -0.25) is 14.4 Å². The number of amides is 1. The molecule has 2 saturated carbocycles. The van der Waals surface area contributed by atoms with Gasteiger partial charge in [-0.25, -0.2) is 4.98 Å². The predicted octanol–water partition coefficient (Wildman–Crippen LogP) is 5.91. The second-order valence-corrected chi connectivity index (χ2v) is 15.4. The summed E-state index contributed by atoms with van der Waals surface area (Å²) in [6.07, 6.45) is 10.3. The van der Waals surface area contributed by atoms with E-state index in [0.717, 1.165) is 63.3 Å². The Kier molecular flexibility index (Phi) is 9.98. The maximum Gasteiger partial charge on any atom is 0.286 e. The molecule has 2 aromatic heterocycles. The van der Waals surface area contributed by atoms with Crippen LogP contribution in [0.2, 0.25) is 5.02 Å². The van der Waals surface area contributed by atoms with Gasteiger partial charge in [0.2, 0.25) is 11.9 Å². The van der Waals surface area contributed by atoms with E-state index in [1.807, 2.05) is 18.7 Å². The molecule has 3 aliphatic rings. The zero-order valence-corrected chi connectivity index (χ0v) is 29.0. The van der Waals surface area contributed by atoms with Gasteiger partial charge in [0.15, 0.2) is 5.82 Å². The number of nitrogens with zero attached hydrogens (tertiary/aromatic N) is 6. The number of aromatic nitrogens is 4. The molecule has 46 heavy (non-hydrogen) atoms. The minimum atomic E-state index is -1.29. The molecule has 0 radical (unpaired) electrons. The van der Waals surface area contributed by atoms with Gasteiger partial charge in [-0.1, -0.05) is 11.6 Å². The molecule has 1 unspecified atom stereocenters. The first kappa shape index (κ1) is 32.9. The quantitative estimate of drug-likeness (QED) is 0.254. The summed E-state index contributed by atoms with van der Waals surface area (Å²) in [6.45, 7) is 11.2. The number of rotatable bonds is 10. The topological polar surface area (TPSA) is 124 Å². The first-order chi connectivity index (χ1) is 22.0. The molecule has 1 aromatic carbocycles. The van der Waals surface area contributed by atoms with Gasteiger partial charge in [0.1, 0.15) is 21.7 Å². The van der Waals surface area contributed by atoms with Crippen LogP contribution in [0.3, 0.4) is 0 Å². The molecule has 11 nitrogen and oxygen atoms in total. The summed E-state index contributed by atoms with van der Waals surface area (Å²) >= 11 is 5.22. The van der Waals surface area contributed by atoms with Gasteiger partial charge in [-0.15, -0.1) is 5.10 Å². The fourth-order valence-electron chi connectivity index (χ4n) is 6.55. The van der Waals surface area contributed by atoms with Crippen LogP contribution in [0.5, 0.6) is 5.75 Å². The highest BCUT2D eigenvalue weighted by atomic mass is 35.5. The Morgan fingerprint density at radius 3 is 2.43 bits per heavy atom. The minimum absolute atomic E-state index is 0.0885. The summed E-state index contributed by atoms with van der Waals surface area (Å²) in [7, 11) is 1.79. The summed E-state index contributed by atoms with van der Waals surface area (Å²) < 4.78 is 20.9. The number of ether oxygens (including phenoxy) is 1. The summed E-state index contributed by atoms with van der Waals surface area (Å²) in [5.41, 5.74) is 3.98. The lowest BCUT2D eigenvalue weighted by Gasteiger charge is -2.42. The van der Waals surface area contributed by atoms with Gasteiger partial charge in [0, 0.05) is 57.4 Å². The van der Waals surface area contributed by atoms with Crippen LogP contribution in [0.15, 0.2) is 29.6 Å². The molecule has 2 N–H and O–H groups in total. The SMILES string of the molecule is CC(=O)N1CCN([C@H]2CC[C@@H](c3cc(OC4CC4)c(Nc4ncc(Cl)c(Nc5cn(C)nc5[S+]([O-])C(C)C)n4)cc3C)CC2)CC1. The smallest absolute Gasteiger partial charge is 0.286 e. The number of nitrogens with one attached hydrogen (secondary N) is 2. The number of hydrogen-bond donors (Lipinski definition) is 2. The van der Waals surface area contributed by atoms with Crippen LogP contribution in [0, 0.1) is 6.92 Å². The van der Waals surface area contributed by atoms with Crippen LogP contribution in [-0.4, -0.2) is 83.6 Å². The second-order valence-electron chi connectivity index (χ2n) is 13.1. The number of aryl methyl sites for hydroxylation is 2. The monoisotopic (exact) mass is 668 g/mol. The summed E-state index contributed by atoms with van der Waals surface area (Å²) in [5.74, 6) is 2.26.